The van der Waals surface area contributed by atoms with Crippen molar-refractivity contribution in [3.63, 3.8) is 0 Å². The second kappa shape index (κ2) is 7.77. The Labute approximate surface area is 164 Å². The van der Waals surface area contributed by atoms with Crippen molar-refractivity contribution < 1.29 is 19.8 Å². The molecule has 9 nitrogen and oxygen atoms in total. The number of benzene rings is 1. The second-order valence-electron chi connectivity index (χ2n) is 6.22. The minimum absolute atomic E-state index is 0.0565. The summed E-state index contributed by atoms with van der Waals surface area (Å²) in [5.41, 5.74) is 0.0729. The van der Waals surface area contributed by atoms with Gasteiger partial charge in [-0.1, -0.05) is 15.9 Å². The summed E-state index contributed by atoms with van der Waals surface area (Å²) in [4.78, 5) is 48.6. The molecule has 1 aliphatic heterocycles. The number of thioether (sulfide) groups is 1. The van der Waals surface area contributed by atoms with Crippen LogP contribution in [0.25, 0.3) is 11.0 Å². The number of hydrogen-bond acceptors (Lipinski definition) is 5. The van der Waals surface area contributed by atoms with Crippen LogP contribution in [0.3, 0.4) is 0 Å². The molecular formula is C16H16BrN3O6S. The molecular weight excluding hydrogens is 442 g/mol. The molecule has 4 rings (SSSR count). The first-order valence-corrected chi connectivity index (χ1v) is 9.86. The molecule has 1 aliphatic carbocycles. The molecule has 11 heteroatoms. The third kappa shape index (κ3) is 4.53. The molecule has 2 heterocycles. The number of amides is 1. The zero-order chi connectivity index (χ0) is 19.7. The lowest BCUT2D eigenvalue weighted by atomic mass is 10.2. The number of hydrogen-bond donors (Lipinski definition) is 4. The Morgan fingerprint density at radius 2 is 1.96 bits per heavy atom. The number of halogens is 1. The highest BCUT2D eigenvalue weighted by molar-refractivity contribution is 9.10. The first kappa shape index (κ1) is 19.5. The van der Waals surface area contributed by atoms with Crippen LogP contribution < -0.4 is 16.4 Å². The number of carbonyl (C=O) groups is 2. The lowest BCUT2D eigenvalue weighted by molar-refractivity contribution is -0.121. The van der Waals surface area contributed by atoms with Crippen molar-refractivity contribution in [1.82, 2.24) is 14.9 Å². The van der Waals surface area contributed by atoms with Gasteiger partial charge < -0.3 is 20.5 Å². The van der Waals surface area contributed by atoms with Gasteiger partial charge >= 0.3 is 17.3 Å². The normalized spacial score (nSPS) is 17.7. The zero-order valence-electron chi connectivity index (χ0n) is 13.9. The van der Waals surface area contributed by atoms with Gasteiger partial charge in [-0.3, -0.25) is 19.0 Å². The minimum atomic E-state index is -1.83. The van der Waals surface area contributed by atoms with E-state index in [1.807, 2.05) is 6.07 Å². The fourth-order valence-corrected chi connectivity index (χ4v) is 4.71. The Hall–Kier alpha value is -2.27. The summed E-state index contributed by atoms with van der Waals surface area (Å²) in [6, 6.07) is 3.70. The van der Waals surface area contributed by atoms with E-state index in [0.29, 0.717) is 16.8 Å². The van der Waals surface area contributed by atoms with Crippen molar-refractivity contribution in [2.24, 2.45) is 0 Å². The Morgan fingerprint density at radius 1 is 1.30 bits per heavy atom. The van der Waals surface area contributed by atoms with E-state index in [1.54, 1.807) is 17.8 Å². The molecule has 0 saturated heterocycles. The van der Waals surface area contributed by atoms with E-state index < -0.39 is 17.3 Å². The number of carboxylic acid groups (broad SMARTS) is 2. The highest BCUT2D eigenvalue weighted by Gasteiger charge is 2.29. The van der Waals surface area contributed by atoms with E-state index in [9.17, 15) is 14.4 Å². The fourth-order valence-electron chi connectivity index (χ4n) is 2.90. The van der Waals surface area contributed by atoms with Gasteiger partial charge in [0.25, 0.3) is 0 Å². The third-order valence-corrected chi connectivity index (χ3v) is 5.73. The summed E-state index contributed by atoms with van der Waals surface area (Å²) in [6.07, 6.45) is 0.436. The van der Waals surface area contributed by atoms with Gasteiger partial charge in [-0.25, -0.2) is 4.79 Å². The van der Waals surface area contributed by atoms with Gasteiger partial charge in [0.05, 0.1) is 17.1 Å². The molecule has 2 aromatic rings. The molecule has 1 aromatic heterocycles. The van der Waals surface area contributed by atoms with Crippen LogP contribution in [0.15, 0.2) is 31.1 Å². The number of H-pyrrole nitrogens is 1. The molecule has 4 N–H and O–H groups in total. The number of nitrogens with one attached hydrogen (secondary N) is 2. The van der Waals surface area contributed by atoms with Crippen molar-refractivity contribution in [1.29, 1.82) is 0 Å². The Kier molecular flexibility index (Phi) is 5.61. The molecule has 2 aliphatic rings. The predicted octanol–water partition coefficient (Wildman–Crippen LogP) is 1.99. The molecule has 27 heavy (non-hydrogen) atoms. The van der Waals surface area contributed by atoms with Crippen molar-refractivity contribution in [3.05, 3.63) is 37.3 Å². The van der Waals surface area contributed by atoms with Crippen LogP contribution in [0.4, 0.5) is 4.79 Å². The van der Waals surface area contributed by atoms with E-state index >= 15 is 0 Å². The maximum absolute atomic E-state index is 12.4. The summed E-state index contributed by atoms with van der Waals surface area (Å²) < 4.78 is 2.34. The van der Waals surface area contributed by atoms with Gasteiger partial charge in [-0.05, 0) is 25.0 Å². The average molecular weight is 458 g/mol. The van der Waals surface area contributed by atoms with E-state index in [-0.39, 0.29) is 24.4 Å². The number of aromatic nitrogens is 2. The molecule has 1 aromatic carbocycles. The number of rotatable bonds is 3. The lowest BCUT2D eigenvalue weighted by Gasteiger charge is -2.26. The summed E-state index contributed by atoms with van der Waals surface area (Å²) >= 11 is 5.02. The second-order valence-corrected chi connectivity index (χ2v) is 8.20. The number of carbonyl (C=O) groups excluding carboxylic acids is 1. The van der Waals surface area contributed by atoms with Crippen molar-refractivity contribution in [2.45, 2.75) is 36.2 Å². The van der Waals surface area contributed by atoms with Crippen LogP contribution in [-0.4, -0.2) is 43.6 Å². The smallest absolute Gasteiger partial charge is 0.450 e. The highest BCUT2D eigenvalue weighted by atomic mass is 79.9. The number of nitrogens with zero attached hydrogens (tertiary/aromatic N) is 1. The van der Waals surface area contributed by atoms with E-state index in [2.05, 4.69) is 26.2 Å². The van der Waals surface area contributed by atoms with Gasteiger partial charge in [-0.15, -0.1) is 11.8 Å². The third-order valence-electron chi connectivity index (χ3n) is 4.10. The molecule has 1 saturated carbocycles. The monoisotopic (exact) mass is 457 g/mol. The van der Waals surface area contributed by atoms with Gasteiger partial charge in [0.15, 0.2) is 0 Å². The van der Waals surface area contributed by atoms with E-state index in [0.717, 1.165) is 22.2 Å². The van der Waals surface area contributed by atoms with Crippen molar-refractivity contribution in [2.75, 3.05) is 5.75 Å². The summed E-state index contributed by atoms with van der Waals surface area (Å²) in [5.74, 6) is 0.541. The molecule has 0 spiro atoms. The van der Waals surface area contributed by atoms with Crippen LogP contribution in [0.1, 0.15) is 25.3 Å². The molecule has 1 amide bonds. The number of aromatic amines is 1. The quantitative estimate of drug-likeness (QED) is 0.516. The molecule has 1 fully saturated rings. The van der Waals surface area contributed by atoms with Gasteiger partial charge in [0.1, 0.15) is 0 Å². The first-order valence-electron chi connectivity index (χ1n) is 8.08. The molecule has 144 valence electrons. The Balaban J connectivity index is 0.000000481. The van der Waals surface area contributed by atoms with Crippen LogP contribution in [0.2, 0.25) is 0 Å². The summed E-state index contributed by atoms with van der Waals surface area (Å²) in [7, 11) is 0. The maximum Gasteiger partial charge on any atom is 0.503 e. The van der Waals surface area contributed by atoms with Gasteiger partial charge in [0, 0.05) is 27.6 Å². The Morgan fingerprint density at radius 3 is 2.59 bits per heavy atom. The summed E-state index contributed by atoms with van der Waals surface area (Å²) in [6.45, 7) is 0. The summed E-state index contributed by atoms with van der Waals surface area (Å²) in [5, 5.41) is 16.9. The molecule has 1 unspecified atom stereocenters. The molecule has 1 atom stereocenters. The standard InChI is InChI=1S/C15H14BrN3O3S.CH2O3/c16-7-3-10-13-11(4-7)23-6-9(5-12(20)17-8-1-2-8)19(13)15(22)14(21)18-10;2-1(3)4/h3-4,8-9H,1-2,5-6H2,(H,17,20)(H,18,21);(H2,2,3,4). The SMILES string of the molecule is O=C(CC1CSc2cc(Br)cc3[nH]c(=O)c(=O)n1c23)NC1CC1.O=C(O)O. The average Bonchev–Trinajstić information content (AvgIpc) is 3.36. The molecule has 0 radical (unpaired) electrons. The zero-order valence-corrected chi connectivity index (χ0v) is 16.3. The largest absolute Gasteiger partial charge is 0.503 e. The van der Waals surface area contributed by atoms with Crippen LogP contribution in [-0.2, 0) is 4.79 Å². The topological polar surface area (TPSA) is 141 Å². The minimum Gasteiger partial charge on any atom is -0.450 e. The fraction of sp³-hybridized carbons (Fsp3) is 0.375. The van der Waals surface area contributed by atoms with Gasteiger partial charge in [-0.2, -0.15) is 0 Å². The van der Waals surface area contributed by atoms with Crippen LogP contribution in [0.5, 0.6) is 0 Å². The Bertz CT molecular complexity index is 1030. The lowest BCUT2D eigenvalue weighted by Crippen LogP contribution is -2.41. The van der Waals surface area contributed by atoms with E-state index in [4.69, 9.17) is 15.0 Å². The predicted molar refractivity (Wildman–Crippen MR) is 103 cm³/mol. The maximum atomic E-state index is 12.4. The van der Waals surface area contributed by atoms with Crippen LogP contribution in [0, 0.1) is 0 Å². The molecule has 0 bridgehead atoms. The van der Waals surface area contributed by atoms with Crippen molar-refractivity contribution >= 4 is 50.8 Å². The highest BCUT2D eigenvalue weighted by Crippen LogP contribution is 2.37. The van der Waals surface area contributed by atoms with Gasteiger partial charge in [0.2, 0.25) is 5.91 Å². The first-order chi connectivity index (χ1) is 12.8. The van der Waals surface area contributed by atoms with E-state index in [1.165, 1.54) is 4.57 Å². The van der Waals surface area contributed by atoms with Crippen LogP contribution >= 0.6 is 27.7 Å². The van der Waals surface area contributed by atoms with Crippen molar-refractivity contribution in [3.8, 4) is 0 Å².